The van der Waals surface area contributed by atoms with Crippen LogP contribution in [-0.2, 0) is 9.05 Å². The SMILES string of the molecule is O=S(=O)(Cl)c1ccc(F)cc1OCC(F)(F)F. The summed E-state index contributed by atoms with van der Waals surface area (Å²) in [5, 5.41) is 0. The number of alkyl halides is 3. The van der Waals surface area contributed by atoms with Gasteiger partial charge in [0.1, 0.15) is 16.5 Å². The van der Waals surface area contributed by atoms with E-state index in [-0.39, 0.29) is 0 Å². The lowest BCUT2D eigenvalue weighted by atomic mass is 10.3. The molecule has 1 aromatic carbocycles. The van der Waals surface area contributed by atoms with E-state index in [0.29, 0.717) is 6.07 Å². The molecule has 0 saturated carbocycles. The molecule has 0 aliphatic rings. The monoisotopic (exact) mass is 292 g/mol. The van der Waals surface area contributed by atoms with Gasteiger partial charge < -0.3 is 4.74 Å². The molecule has 0 N–H and O–H groups in total. The molecule has 0 atom stereocenters. The van der Waals surface area contributed by atoms with Crippen molar-refractivity contribution in [3.8, 4) is 5.75 Å². The zero-order valence-corrected chi connectivity index (χ0v) is 9.53. The molecule has 3 nitrogen and oxygen atoms in total. The molecule has 0 unspecified atom stereocenters. The van der Waals surface area contributed by atoms with Crippen LogP contribution in [0.1, 0.15) is 0 Å². The third-order valence-corrected chi connectivity index (χ3v) is 2.92. The van der Waals surface area contributed by atoms with Crippen molar-refractivity contribution in [3.05, 3.63) is 24.0 Å². The molecule has 0 aliphatic carbocycles. The molecular weight excluding hydrogens is 288 g/mol. The van der Waals surface area contributed by atoms with Gasteiger partial charge in [-0.15, -0.1) is 0 Å². The summed E-state index contributed by atoms with van der Waals surface area (Å²) in [7, 11) is 0.650. The first-order chi connectivity index (χ1) is 7.59. The summed E-state index contributed by atoms with van der Waals surface area (Å²) in [5.41, 5.74) is 0. The maximum atomic E-state index is 12.8. The van der Waals surface area contributed by atoms with Gasteiger partial charge in [-0.3, -0.25) is 0 Å². The van der Waals surface area contributed by atoms with Gasteiger partial charge in [0.05, 0.1) is 0 Å². The van der Waals surface area contributed by atoms with E-state index in [2.05, 4.69) is 4.74 Å². The Labute approximate surface area is 98.4 Å². The van der Waals surface area contributed by atoms with Crippen LogP contribution in [0, 0.1) is 5.82 Å². The van der Waals surface area contributed by atoms with Crippen molar-refractivity contribution < 1.29 is 30.7 Å². The largest absolute Gasteiger partial charge is 0.483 e. The molecule has 0 aromatic heterocycles. The normalized spacial score (nSPS) is 12.5. The Hall–Kier alpha value is -1.02. The molecule has 9 heteroatoms. The van der Waals surface area contributed by atoms with Crippen LogP contribution in [0.25, 0.3) is 0 Å². The second-order valence-electron chi connectivity index (χ2n) is 2.93. The Bertz CT molecular complexity index is 512. The Morgan fingerprint density at radius 1 is 1.29 bits per heavy atom. The van der Waals surface area contributed by atoms with Gasteiger partial charge in [0.25, 0.3) is 9.05 Å². The van der Waals surface area contributed by atoms with Crippen LogP contribution in [0.4, 0.5) is 17.6 Å². The first-order valence-electron chi connectivity index (χ1n) is 4.03. The Morgan fingerprint density at radius 3 is 2.35 bits per heavy atom. The number of rotatable bonds is 3. The summed E-state index contributed by atoms with van der Waals surface area (Å²) in [6.45, 7) is -1.74. The lowest BCUT2D eigenvalue weighted by molar-refractivity contribution is -0.153. The van der Waals surface area contributed by atoms with Gasteiger partial charge in [0.15, 0.2) is 6.61 Å². The lowest BCUT2D eigenvalue weighted by Gasteiger charge is -2.11. The topological polar surface area (TPSA) is 43.4 Å². The van der Waals surface area contributed by atoms with Crippen molar-refractivity contribution >= 4 is 19.7 Å². The van der Waals surface area contributed by atoms with Crippen molar-refractivity contribution in [2.75, 3.05) is 6.61 Å². The van der Waals surface area contributed by atoms with E-state index in [4.69, 9.17) is 10.7 Å². The van der Waals surface area contributed by atoms with Crippen molar-refractivity contribution in [1.82, 2.24) is 0 Å². The van der Waals surface area contributed by atoms with Crippen LogP contribution in [0.15, 0.2) is 23.1 Å². The standard InChI is InChI=1S/C8H5ClF4O3S/c9-17(14,15)7-2-1-5(10)3-6(7)16-4-8(11,12)13/h1-3H,4H2. The summed E-state index contributed by atoms with van der Waals surface area (Å²) in [6.07, 6.45) is -4.67. The van der Waals surface area contributed by atoms with Crippen LogP contribution in [0.3, 0.4) is 0 Å². The number of ether oxygens (including phenoxy) is 1. The molecule has 1 aromatic rings. The number of hydrogen-bond acceptors (Lipinski definition) is 3. The third kappa shape index (κ3) is 4.39. The first-order valence-corrected chi connectivity index (χ1v) is 6.34. The minimum atomic E-state index is -4.67. The van der Waals surface area contributed by atoms with Crippen LogP contribution >= 0.6 is 10.7 Å². The fourth-order valence-corrected chi connectivity index (χ4v) is 1.93. The predicted octanol–water partition coefficient (Wildman–Crippen LogP) is 2.69. The predicted molar refractivity (Wildman–Crippen MR) is 51.0 cm³/mol. The van der Waals surface area contributed by atoms with Crippen LogP contribution < -0.4 is 4.74 Å². The molecule has 0 bridgehead atoms. The molecule has 0 aliphatic heterocycles. The van der Waals surface area contributed by atoms with E-state index in [1.807, 2.05) is 0 Å². The molecule has 96 valence electrons. The van der Waals surface area contributed by atoms with Gasteiger partial charge in [0.2, 0.25) is 0 Å². The quantitative estimate of drug-likeness (QED) is 0.635. The second kappa shape index (κ2) is 4.69. The minimum Gasteiger partial charge on any atom is -0.483 e. The molecule has 0 spiro atoms. The summed E-state index contributed by atoms with van der Waals surface area (Å²) >= 11 is 0. The fourth-order valence-electron chi connectivity index (χ4n) is 0.956. The summed E-state index contributed by atoms with van der Waals surface area (Å²) in [6, 6.07) is 1.99. The highest BCUT2D eigenvalue weighted by atomic mass is 35.7. The molecule has 17 heavy (non-hydrogen) atoms. The molecule has 0 saturated heterocycles. The Balaban J connectivity index is 3.09. The van der Waals surface area contributed by atoms with Gasteiger partial charge in [0, 0.05) is 16.7 Å². The summed E-state index contributed by atoms with van der Waals surface area (Å²) in [5.74, 6) is -1.72. The Morgan fingerprint density at radius 2 is 1.88 bits per heavy atom. The van der Waals surface area contributed by atoms with Crippen molar-refractivity contribution in [2.45, 2.75) is 11.1 Å². The van der Waals surface area contributed by atoms with Gasteiger partial charge in [-0.25, -0.2) is 12.8 Å². The molecule has 0 fully saturated rings. The van der Waals surface area contributed by atoms with E-state index in [0.717, 1.165) is 12.1 Å². The highest BCUT2D eigenvalue weighted by Gasteiger charge is 2.30. The number of benzene rings is 1. The average molecular weight is 293 g/mol. The zero-order chi connectivity index (χ0) is 13.3. The molecular formula is C8H5ClF4O3S. The van der Waals surface area contributed by atoms with Gasteiger partial charge in [-0.1, -0.05) is 0 Å². The van der Waals surface area contributed by atoms with Crippen molar-refractivity contribution in [3.63, 3.8) is 0 Å². The second-order valence-corrected chi connectivity index (χ2v) is 5.47. The third-order valence-electron chi connectivity index (χ3n) is 1.56. The maximum Gasteiger partial charge on any atom is 0.422 e. The molecule has 0 radical (unpaired) electrons. The van der Waals surface area contributed by atoms with E-state index >= 15 is 0 Å². The fraction of sp³-hybridized carbons (Fsp3) is 0.250. The zero-order valence-electron chi connectivity index (χ0n) is 7.96. The van der Waals surface area contributed by atoms with E-state index in [1.54, 1.807) is 0 Å². The summed E-state index contributed by atoms with van der Waals surface area (Å²) < 4.78 is 74.5. The summed E-state index contributed by atoms with van der Waals surface area (Å²) in [4.78, 5) is -0.718. The first kappa shape index (κ1) is 14.0. The smallest absolute Gasteiger partial charge is 0.422 e. The van der Waals surface area contributed by atoms with Gasteiger partial charge >= 0.3 is 6.18 Å². The highest BCUT2D eigenvalue weighted by molar-refractivity contribution is 8.13. The maximum absolute atomic E-state index is 12.8. The van der Waals surface area contributed by atoms with Gasteiger partial charge in [-0.05, 0) is 12.1 Å². The van der Waals surface area contributed by atoms with E-state index < -0.39 is 38.3 Å². The van der Waals surface area contributed by atoms with Crippen LogP contribution in [0.5, 0.6) is 5.75 Å². The number of halogens is 5. The molecule has 1 rings (SSSR count). The molecule has 0 amide bonds. The van der Waals surface area contributed by atoms with Crippen molar-refractivity contribution in [2.24, 2.45) is 0 Å². The highest BCUT2D eigenvalue weighted by Crippen LogP contribution is 2.29. The Kier molecular flexibility index (Phi) is 3.88. The van der Waals surface area contributed by atoms with E-state index in [9.17, 15) is 26.0 Å². The average Bonchev–Trinajstić information content (AvgIpc) is 2.11. The van der Waals surface area contributed by atoms with E-state index in [1.165, 1.54) is 0 Å². The number of hydrogen-bond donors (Lipinski definition) is 0. The minimum absolute atomic E-state index is 0.515. The van der Waals surface area contributed by atoms with Crippen molar-refractivity contribution in [1.29, 1.82) is 0 Å². The van der Waals surface area contributed by atoms with Crippen LogP contribution in [-0.4, -0.2) is 21.2 Å². The van der Waals surface area contributed by atoms with Gasteiger partial charge in [-0.2, -0.15) is 13.2 Å². The lowest BCUT2D eigenvalue weighted by Crippen LogP contribution is -2.20. The molecule has 0 heterocycles. The van der Waals surface area contributed by atoms with Crippen LogP contribution in [0.2, 0.25) is 0 Å².